The highest BCUT2D eigenvalue weighted by Gasteiger charge is 2.32. The summed E-state index contributed by atoms with van der Waals surface area (Å²) in [4.78, 5) is 22.9. The fourth-order valence-electron chi connectivity index (χ4n) is 2.80. The van der Waals surface area contributed by atoms with Gasteiger partial charge in [-0.3, -0.25) is 19.7 Å². The highest BCUT2D eigenvalue weighted by molar-refractivity contribution is 5.94. The van der Waals surface area contributed by atoms with Crippen LogP contribution in [0.1, 0.15) is 40.5 Å². The fourth-order valence-corrected chi connectivity index (χ4v) is 2.80. The third-order valence-electron chi connectivity index (χ3n) is 4.65. The average Bonchev–Trinajstić information content (AvgIpc) is 3.25. The zero-order chi connectivity index (χ0) is 16.3. The highest BCUT2D eigenvalue weighted by atomic mass is 16.2. The minimum Gasteiger partial charge on any atom is -0.346 e. The maximum absolute atomic E-state index is 12.3. The molecular formula is C17H28N4O. The van der Waals surface area contributed by atoms with Crippen LogP contribution in [0.5, 0.6) is 0 Å². The minimum absolute atomic E-state index is 0.161. The van der Waals surface area contributed by atoms with Crippen molar-refractivity contribution in [2.45, 2.75) is 52.6 Å². The van der Waals surface area contributed by atoms with Gasteiger partial charge < -0.3 is 5.32 Å². The van der Waals surface area contributed by atoms with Crippen LogP contribution in [0.2, 0.25) is 0 Å². The summed E-state index contributed by atoms with van der Waals surface area (Å²) in [5.41, 5.74) is 1.38. The second kappa shape index (κ2) is 7.18. The van der Waals surface area contributed by atoms with Gasteiger partial charge in [-0.1, -0.05) is 6.92 Å². The Balaban J connectivity index is 1.96. The first-order chi connectivity index (χ1) is 10.4. The second-order valence-electron chi connectivity index (χ2n) is 6.82. The smallest absolute Gasteiger partial charge is 0.271 e. The van der Waals surface area contributed by atoms with Crippen molar-refractivity contribution >= 4 is 18.3 Å². The van der Waals surface area contributed by atoms with Gasteiger partial charge in [0.15, 0.2) is 0 Å². The number of rotatable bonds is 6. The van der Waals surface area contributed by atoms with E-state index < -0.39 is 0 Å². The molecule has 2 atom stereocenters. The molecule has 0 unspecified atom stereocenters. The van der Waals surface area contributed by atoms with Gasteiger partial charge in [-0.15, -0.1) is 0 Å². The first-order valence-electron chi connectivity index (χ1n) is 8.18. The Morgan fingerprint density at radius 2 is 2.05 bits per heavy atom. The van der Waals surface area contributed by atoms with Crippen molar-refractivity contribution in [1.29, 1.82) is 0 Å². The summed E-state index contributed by atoms with van der Waals surface area (Å²) in [7, 11) is 0. The van der Waals surface area contributed by atoms with E-state index in [4.69, 9.17) is 0 Å². The molecule has 2 fully saturated rings. The number of likely N-dealkylation sites (tertiary alicyclic amines) is 1. The van der Waals surface area contributed by atoms with Gasteiger partial charge in [0.2, 0.25) is 0 Å². The van der Waals surface area contributed by atoms with E-state index in [9.17, 15) is 4.79 Å². The van der Waals surface area contributed by atoms with Crippen LogP contribution in [0, 0.1) is 11.8 Å². The van der Waals surface area contributed by atoms with E-state index in [0.717, 1.165) is 18.8 Å². The number of aliphatic imine (C=N–C) groups is 2. The molecule has 5 nitrogen and oxygen atoms in total. The van der Waals surface area contributed by atoms with E-state index in [0.29, 0.717) is 23.6 Å². The first-order valence-corrected chi connectivity index (χ1v) is 8.18. The Hall–Kier alpha value is -1.49. The number of nitrogens with one attached hydrogen (secondary N) is 1. The summed E-state index contributed by atoms with van der Waals surface area (Å²) in [5.74, 6) is 0.860. The summed E-state index contributed by atoms with van der Waals surface area (Å²) in [6.45, 7) is 14.0. The lowest BCUT2D eigenvalue weighted by molar-refractivity contribution is -0.118. The molecule has 1 saturated carbocycles. The van der Waals surface area contributed by atoms with E-state index in [-0.39, 0.29) is 11.9 Å². The number of amides is 1. The zero-order valence-electron chi connectivity index (χ0n) is 14.2. The average molecular weight is 304 g/mol. The predicted molar refractivity (Wildman–Crippen MR) is 91.3 cm³/mol. The van der Waals surface area contributed by atoms with Crippen LogP contribution in [0.3, 0.4) is 0 Å². The highest BCUT2D eigenvalue weighted by Crippen LogP contribution is 2.30. The minimum atomic E-state index is -0.176. The molecule has 0 aromatic rings. The molecule has 1 saturated heterocycles. The molecule has 0 bridgehead atoms. The Morgan fingerprint density at radius 1 is 1.36 bits per heavy atom. The molecule has 1 aliphatic carbocycles. The molecule has 122 valence electrons. The largest absolute Gasteiger partial charge is 0.346 e. The number of carbonyl (C=O) groups excluding carboxylic acids is 1. The van der Waals surface area contributed by atoms with Crippen molar-refractivity contribution in [1.82, 2.24) is 10.2 Å². The number of hydrogen-bond donors (Lipinski definition) is 1. The first kappa shape index (κ1) is 16.9. The van der Waals surface area contributed by atoms with Crippen molar-refractivity contribution in [2.24, 2.45) is 21.8 Å². The molecule has 0 spiro atoms. The van der Waals surface area contributed by atoms with E-state index in [1.807, 2.05) is 6.92 Å². The van der Waals surface area contributed by atoms with E-state index >= 15 is 0 Å². The number of nitrogens with zero attached hydrogens (tertiary/aromatic N) is 3. The quantitative estimate of drug-likeness (QED) is 0.604. The molecule has 1 amide bonds. The number of hydrogen-bond acceptors (Lipinski definition) is 4. The SMILES string of the molecule is C=N/C(=C\N=C(C)C1CC1)C(=O)N[C@@H]1CN(C(C)C)C[C@H]1C. The van der Waals surface area contributed by atoms with Gasteiger partial charge in [0.25, 0.3) is 5.91 Å². The van der Waals surface area contributed by atoms with Crippen LogP contribution in [0.15, 0.2) is 21.9 Å². The lowest BCUT2D eigenvalue weighted by Gasteiger charge is -2.20. The Bertz CT molecular complexity index is 491. The van der Waals surface area contributed by atoms with E-state index in [1.165, 1.54) is 12.8 Å². The summed E-state index contributed by atoms with van der Waals surface area (Å²) in [6, 6.07) is 0.663. The fraction of sp³-hybridized carbons (Fsp3) is 0.706. The second-order valence-corrected chi connectivity index (χ2v) is 6.82. The molecule has 22 heavy (non-hydrogen) atoms. The van der Waals surface area contributed by atoms with Crippen LogP contribution in [-0.4, -0.2) is 48.4 Å². The predicted octanol–water partition coefficient (Wildman–Crippen LogP) is 2.24. The monoisotopic (exact) mass is 304 g/mol. The maximum Gasteiger partial charge on any atom is 0.271 e. The van der Waals surface area contributed by atoms with Crippen molar-refractivity contribution < 1.29 is 4.79 Å². The topological polar surface area (TPSA) is 57.1 Å². The molecule has 1 N–H and O–H groups in total. The third-order valence-corrected chi connectivity index (χ3v) is 4.65. The molecule has 2 aliphatic rings. The molecule has 2 rings (SSSR count). The van der Waals surface area contributed by atoms with Crippen LogP contribution >= 0.6 is 0 Å². The molecule has 0 radical (unpaired) electrons. The van der Waals surface area contributed by atoms with Crippen molar-refractivity contribution in [3.63, 3.8) is 0 Å². The Morgan fingerprint density at radius 3 is 2.55 bits per heavy atom. The van der Waals surface area contributed by atoms with Crippen molar-refractivity contribution in [3.8, 4) is 0 Å². The lowest BCUT2D eigenvalue weighted by Crippen LogP contribution is -2.41. The lowest BCUT2D eigenvalue weighted by atomic mass is 10.1. The van der Waals surface area contributed by atoms with E-state index in [2.05, 4.69) is 47.7 Å². The third kappa shape index (κ3) is 4.26. The summed E-state index contributed by atoms with van der Waals surface area (Å²) in [5, 5.41) is 3.08. The molecule has 1 heterocycles. The molecule has 1 aliphatic heterocycles. The van der Waals surface area contributed by atoms with Gasteiger partial charge >= 0.3 is 0 Å². The molecular weight excluding hydrogens is 276 g/mol. The van der Waals surface area contributed by atoms with Gasteiger partial charge in [0, 0.05) is 30.9 Å². The van der Waals surface area contributed by atoms with Gasteiger partial charge in [-0.25, -0.2) is 0 Å². The van der Waals surface area contributed by atoms with Crippen LogP contribution in [-0.2, 0) is 4.79 Å². The molecule has 5 heteroatoms. The van der Waals surface area contributed by atoms with Gasteiger partial charge in [0.1, 0.15) is 5.70 Å². The Kier molecular flexibility index (Phi) is 5.51. The van der Waals surface area contributed by atoms with Gasteiger partial charge in [-0.2, -0.15) is 0 Å². The van der Waals surface area contributed by atoms with Crippen LogP contribution in [0.25, 0.3) is 0 Å². The number of carbonyl (C=O) groups is 1. The van der Waals surface area contributed by atoms with Crippen LogP contribution in [0.4, 0.5) is 0 Å². The summed E-state index contributed by atoms with van der Waals surface area (Å²) >= 11 is 0. The van der Waals surface area contributed by atoms with Gasteiger partial charge in [-0.05, 0) is 52.2 Å². The summed E-state index contributed by atoms with van der Waals surface area (Å²) in [6.07, 6.45) is 3.96. The zero-order valence-corrected chi connectivity index (χ0v) is 14.2. The van der Waals surface area contributed by atoms with Gasteiger partial charge in [0.05, 0.1) is 6.20 Å². The van der Waals surface area contributed by atoms with E-state index in [1.54, 1.807) is 6.20 Å². The summed E-state index contributed by atoms with van der Waals surface area (Å²) < 4.78 is 0. The molecule has 0 aromatic heterocycles. The van der Waals surface area contributed by atoms with Crippen LogP contribution < -0.4 is 5.32 Å². The van der Waals surface area contributed by atoms with Crippen molar-refractivity contribution in [2.75, 3.05) is 13.1 Å². The normalized spacial score (nSPS) is 27.3. The molecule has 0 aromatic carbocycles. The standard InChI is InChI=1S/C17H28N4O/c1-11(2)21-9-12(3)16(10-21)20-17(22)15(18-5)8-19-13(4)14-6-7-14/h8,11-12,14,16H,5-7,9-10H2,1-4H3,(H,20,22)/b15-8-,19-13?/t12-,16-/m1/s1. The maximum atomic E-state index is 12.3. The van der Waals surface area contributed by atoms with Crippen molar-refractivity contribution in [3.05, 3.63) is 11.9 Å². The Labute approximate surface area is 133 Å².